The van der Waals surface area contributed by atoms with Gasteiger partial charge in [-0.1, -0.05) is 25.5 Å². The highest BCUT2D eigenvalue weighted by Gasteiger charge is 2.23. The average molecular weight is 438 g/mol. The van der Waals surface area contributed by atoms with Crippen molar-refractivity contribution in [3.63, 3.8) is 0 Å². The molecule has 0 saturated carbocycles. The minimum absolute atomic E-state index is 0.132. The number of esters is 1. The van der Waals surface area contributed by atoms with Gasteiger partial charge in [-0.15, -0.1) is 11.3 Å². The molecule has 0 aliphatic heterocycles. The van der Waals surface area contributed by atoms with Gasteiger partial charge in [-0.2, -0.15) is 10.5 Å². The first-order valence-corrected chi connectivity index (χ1v) is 10.6. The van der Waals surface area contributed by atoms with Crippen LogP contribution in [0.25, 0.3) is 6.08 Å². The highest BCUT2D eigenvalue weighted by atomic mass is 32.1. The van der Waals surface area contributed by atoms with E-state index in [2.05, 4.69) is 12.2 Å². The summed E-state index contributed by atoms with van der Waals surface area (Å²) in [6.07, 6.45) is 3.45. The van der Waals surface area contributed by atoms with E-state index >= 15 is 0 Å². The summed E-state index contributed by atoms with van der Waals surface area (Å²) in [7, 11) is 0. The summed E-state index contributed by atoms with van der Waals surface area (Å²) >= 11 is 0.950. The van der Waals surface area contributed by atoms with E-state index in [1.165, 1.54) is 6.08 Å². The predicted octanol–water partition coefficient (Wildman–Crippen LogP) is 4.83. The van der Waals surface area contributed by atoms with Crippen LogP contribution in [0, 0.1) is 29.6 Å². The Morgan fingerprint density at radius 1 is 1.19 bits per heavy atom. The van der Waals surface area contributed by atoms with Gasteiger partial charge in [0.15, 0.2) is 0 Å². The Labute approximate surface area is 185 Å². The van der Waals surface area contributed by atoms with Crippen LogP contribution in [-0.4, -0.2) is 25.1 Å². The molecule has 160 valence electrons. The molecule has 8 heteroatoms. The molecular weight excluding hydrogens is 414 g/mol. The topological polar surface area (TPSA) is 112 Å². The summed E-state index contributed by atoms with van der Waals surface area (Å²) in [6.45, 7) is 6.21. The number of nitrogens with zero attached hydrogens (tertiary/aromatic N) is 2. The molecule has 1 N–H and O–H groups in total. The van der Waals surface area contributed by atoms with Gasteiger partial charge in [0.25, 0.3) is 5.91 Å². The molecular formula is C23H23N3O4S. The van der Waals surface area contributed by atoms with Gasteiger partial charge in [0.05, 0.1) is 18.8 Å². The van der Waals surface area contributed by atoms with Crippen molar-refractivity contribution in [3.05, 3.63) is 51.4 Å². The first-order valence-electron chi connectivity index (χ1n) is 9.81. The molecule has 0 bridgehead atoms. The predicted molar refractivity (Wildman–Crippen MR) is 119 cm³/mol. The standard InChI is InChI=1S/C23H23N3O4S/c1-4-6-11-30-18-9-7-16(8-10-18)12-17(13-24)21(27)26-22-19(14-25)15(3)20(31-22)23(28)29-5-2/h7-10,12H,4-6,11H2,1-3H3,(H,26,27)/b17-12+. The van der Waals surface area contributed by atoms with Gasteiger partial charge in [0.2, 0.25) is 0 Å². The van der Waals surface area contributed by atoms with Crippen molar-refractivity contribution in [2.24, 2.45) is 0 Å². The van der Waals surface area contributed by atoms with Crippen LogP contribution in [0.15, 0.2) is 29.8 Å². The molecule has 2 rings (SSSR count). The molecule has 1 aromatic carbocycles. The molecule has 0 unspecified atom stereocenters. The van der Waals surface area contributed by atoms with Crippen LogP contribution < -0.4 is 10.1 Å². The molecule has 1 amide bonds. The molecule has 0 atom stereocenters. The van der Waals surface area contributed by atoms with E-state index in [4.69, 9.17) is 9.47 Å². The lowest BCUT2D eigenvalue weighted by molar-refractivity contribution is -0.112. The van der Waals surface area contributed by atoms with Crippen LogP contribution in [0.1, 0.15) is 53.1 Å². The van der Waals surface area contributed by atoms with Crippen molar-refractivity contribution in [1.29, 1.82) is 10.5 Å². The number of carbonyl (C=O) groups excluding carboxylic acids is 2. The maximum Gasteiger partial charge on any atom is 0.348 e. The zero-order chi connectivity index (χ0) is 22.8. The average Bonchev–Trinajstić information content (AvgIpc) is 3.08. The second kappa shape index (κ2) is 11.5. The van der Waals surface area contributed by atoms with Gasteiger partial charge >= 0.3 is 5.97 Å². The number of unbranched alkanes of at least 4 members (excludes halogenated alkanes) is 1. The molecule has 0 radical (unpaired) electrons. The maximum atomic E-state index is 12.6. The van der Waals surface area contributed by atoms with E-state index in [9.17, 15) is 20.1 Å². The second-order valence-electron chi connectivity index (χ2n) is 6.49. The monoisotopic (exact) mass is 437 g/mol. The number of thiophene rings is 1. The van der Waals surface area contributed by atoms with Crippen LogP contribution >= 0.6 is 11.3 Å². The minimum Gasteiger partial charge on any atom is -0.494 e. The summed E-state index contributed by atoms with van der Waals surface area (Å²) in [5.41, 5.74) is 1.13. The number of hydrogen-bond acceptors (Lipinski definition) is 7. The van der Waals surface area contributed by atoms with Crippen LogP contribution in [0.4, 0.5) is 5.00 Å². The number of rotatable bonds is 9. The lowest BCUT2D eigenvalue weighted by atomic mass is 10.1. The summed E-state index contributed by atoms with van der Waals surface area (Å²) in [4.78, 5) is 24.9. The normalized spacial score (nSPS) is 10.7. The highest BCUT2D eigenvalue weighted by molar-refractivity contribution is 7.18. The Morgan fingerprint density at radius 2 is 1.90 bits per heavy atom. The third kappa shape index (κ3) is 6.18. The Hall–Kier alpha value is -3.62. The van der Waals surface area contributed by atoms with Gasteiger partial charge in [-0.3, -0.25) is 4.79 Å². The van der Waals surface area contributed by atoms with E-state index < -0.39 is 11.9 Å². The van der Waals surface area contributed by atoms with Crippen molar-refractivity contribution >= 4 is 34.3 Å². The number of anilines is 1. The summed E-state index contributed by atoms with van der Waals surface area (Å²) in [6, 6.07) is 10.9. The number of nitrogens with one attached hydrogen (secondary N) is 1. The molecule has 0 spiro atoms. The van der Waals surface area contributed by atoms with Crippen molar-refractivity contribution in [2.75, 3.05) is 18.5 Å². The molecule has 2 aromatic rings. The third-order valence-electron chi connectivity index (χ3n) is 4.27. The quantitative estimate of drug-likeness (QED) is 0.260. The highest BCUT2D eigenvalue weighted by Crippen LogP contribution is 2.33. The van der Waals surface area contributed by atoms with Gasteiger partial charge in [-0.25, -0.2) is 4.79 Å². The van der Waals surface area contributed by atoms with Crippen LogP contribution in [0.5, 0.6) is 5.75 Å². The Kier molecular flexibility index (Phi) is 8.80. The third-order valence-corrected chi connectivity index (χ3v) is 5.46. The fourth-order valence-corrected chi connectivity index (χ4v) is 3.65. The number of amides is 1. The summed E-state index contributed by atoms with van der Waals surface area (Å²) in [5, 5.41) is 21.6. The second-order valence-corrected chi connectivity index (χ2v) is 7.51. The Bertz CT molecular complexity index is 1060. The van der Waals surface area contributed by atoms with Gasteiger partial charge < -0.3 is 14.8 Å². The largest absolute Gasteiger partial charge is 0.494 e. The van der Waals surface area contributed by atoms with E-state index in [0.717, 1.165) is 24.2 Å². The van der Waals surface area contributed by atoms with E-state index in [0.29, 0.717) is 23.5 Å². The SMILES string of the molecule is CCCCOc1ccc(/C=C(\C#N)C(=O)Nc2sc(C(=O)OCC)c(C)c2C#N)cc1. The van der Waals surface area contributed by atoms with Crippen molar-refractivity contribution in [3.8, 4) is 17.9 Å². The first-order chi connectivity index (χ1) is 14.9. The number of ether oxygens (including phenoxy) is 2. The van der Waals surface area contributed by atoms with E-state index in [1.807, 2.05) is 12.1 Å². The molecule has 31 heavy (non-hydrogen) atoms. The molecule has 0 aliphatic rings. The first kappa shape index (κ1) is 23.7. The molecule has 0 aliphatic carbocycles. The molecule has 0 fully saturated rings. The number of benzene rings is 1. The molecule has 0 saturated heterocycles. The molecule has 1 heterocycles. The lowest BCUT2D eigenvalue weighted by Gasteiger charge is -2.05. The van der Waals surface area contributed by atoms with Crippen LogP contribution in [0.3, 0.4) is 0 Å². The molecule has 7 nitrogen and oxygen atoms in total. The summed E-state index contributed by atoms with van der Waals surface area (Å²) < 4.78 is 10.6. The van der Waals surface area contributed by atoms with Gasteiger partial charge in [0.1, 0.15) is 33.3 Å². The van der Waals surface area contributed by atoms with E-state index in [-0.39, 0.29) is 27.6 Å². The van der Waals surface area contributed by atoms with Crippen LogP contribution in [-0.2, 0) is 9.53 Å². The zero-order valence-corrected chi connectivity index (χ0v) is 18.5. The van der Waals surface area contributed by atoms with Crippen molar-refractivity contribution in [1.82, 2.24) is 0 Å². The smallest absolute Gasteiger partial charge is 0.348 e. The number of nitriles is 2. The van der Waals surface area contributed by atoms with Crippen LogP contribution in [0.2, 0.25) is 0 Å². The zero-order valence-electron chi connectivity index (χ0n) is 17.7. The van der Waals surface area contributed by atoms with Gasteiger partial charge in [0, 0.05) is 0 Å². The Balaban J connectivity index is 2.20. The fraction of sp³-hybridized carbons (Fsp3) is 0.304. The fourth-order valence-electron chi connectivity index (χ4n) is 2.61. The maximum absolute atomic E-state index is 12.6. The number of carbonyl (C=O) groups is 2. The van der Waals surface area contributed by atoms with E-state index in [1.54, 1.807) is 38.1 Å². The summed E-state index contributed by atoms with van der Waals surface area (Å²) in [5.74, 6) is -0.508. The van der Waals surface area contributed by atoms with Crippen molar-refractivity contribution < 1.29 is 19.1 Å². The minimum atomic E-state index is -0.668. The number of hydrogen-bond donors (Lipinski definition) is 1. The van der Waals surface area contributed by atoms with Gasteiger partial charge in [-0.05, 0) is 49.6 Å². The molecule has 1 aromatic heterocycles. The lowest BCUT2D eigenvalue weighted by Crippen LogP contribution is -2.13. The Morgan fingerprint density at radius 3 is 2.48 bits per heavy atom. The van der Waals surface area contributed by atoms with Crippen molar-refractivity contribution in [2.45, 2.75) is 33.6 Å².